The Morgan fingerprint density at radius 2 is 1.88 bits per heavy atom. The van der Waals surface area contributed by atoms with Gasteiger partial charge in [-0.25, -0.2) is 4.79 Å². The van der Waals surface area contributed by atoms with Crippen LogP contribution < -0.4 is 29.6 Å². The summed E-state index contributed by atoms with van der Waals surface area (Å²) < 4.78 is 0. The number of thiol groups is 1. The monoisotopic (exact) mass is 143 g/mol. The van der Waals surface area contributed by atoms with Crippen LogP contribution in [-0.4, -0.2) is 22.6 Å². The van der Waals surface area contributed by atoms with E-state index >= 15 is 0 Å². The van der Waals surface area contributed by atoms with Crippen LogP contribution in [-0.2, 0) is 9.59 Å². The third kappa shape index (κ3) is 4.64. The molecule has 5 heteroatoms. The van der Waals surface area contributed by atoms with Gasteiger partial charge in [0, 0.05) is 0 Å². The summed E-state index contributed by atoms with van der Waals surface area (Å²) in [5.74, 6) is -2.52. The zero-order chi connectivity index (χ0) is 5.86. The summed E-state index contributed by atoms with van der Waals surface area (Å²) in [4.78, 5) is 19.4. The smallest absolute Gasteiger partial charge is 0.475 e. The molecule has 0 aliphatic heterocycles. The van der Waals surface area contributed by atoms with Gasteiger partial charge in [0.15, 0.2) is 0 Å². The van der Waals surface area contributed by atoms with E-state index in [0.717, 1.165) is 0 Å². The largest absolute Gasteiger partial charge is 1.00 e. The summed E-state index contributed by atoms with van der Waals surface area (Å²) in [7, 11) is 0. The number of aliphatic carboxylic acids is 1. The molecule has 0 aromatic heterocycles. The molecule has 0 radical (unpaired) electrons. The minimum absolute atomic E-state index is 0. The van der Waals surface area contributed by atoms with Crippen LogP contribution in [0.25, 0.3) is 0 Å². The van der Waals surface area contributed by atoms with E-state index in [9.17, 15) is 9.59 Å². The Morgan fingerprint density at radius 1 is 1.50 bits per heavy atom. The number of carbonyl (C=O) groups excluding carboxylic acids is 1. The Bertz CT molecular complexity index is 103. The van der Waals surface area contributed by atoms with Crippen LogP contribution in [0.15, 0.2) is 0 Å². The fourth-order valence-electron chi connectivity index (χ4n) is 0.0676. The van der Waals surface area contributed by atoms with Gasteiger partial charge in [-0.1, -0.05) is 0 Å². The van der Waals surface area contributed by atoms with Crippen molar-refractivity contribution in [2.75, 3.05) is 5.75 Å². The molecule has 3 nitrogen and oxygen atoms in total. The number of carboxylic acids is 1. The van der Waals surface area contributed by atoms with E-state index in [4.69, 9.17) is 5.11 Å². The van der Waals surface area contributed by atoms with Crippen molar-refractivity contribution in [3.8, 4) is 0 Å². The maximum absolute atomic E-state index is 9.84. The van der Waals surface area contributed by atoms with Crippen LogP contribution >= 0.6 is 12.6 Å². The zero-order valence-corrected chi connectivity index (χ0v) is 7.31. The first kappa shape index (κ1) is 11.3. The van der Waals surface area contributed by atoms with Crippen LogP contribution in [0, 0.1) is 0 Å². The van der Waals surface area contributed by atoms with E-state index in [1.165, 1.54) is 0 Å². The molecule has 0 heterocycles. The molecule has 0 aromatic carbocycles. The van der Waals surface area contributed by atoms with Gasteiger partial charge in [-0.15, -0.1) is 0 Å². The number of carbonyl (C=O) groups is 2. The van der Waals surface area contributed by atoms with Crippen LogP contribution in [0.3, 0.4) is 0 Å². The van der Waals surface area contributed by atoms with Crippen molar-refractivity contribution in [1.29, 1.82) is 0 Å². The van der Waals surface area contributed by atoms with Crippen molar-refractivity contribution in [2.24, 2.45) is 0 Å². The molecule has 0 fully saturated rings. The molecule has 0 bridgehead atoms. The van der Waals surface area contributed by atoms with E-state index in [0.29, 0.717) is 0 Å². The normalized spacial score (nSPS) is 7.12. The first-order chi connectivity index (χ1) is 3.18. The zero-order valence-electron chi connectivity index (χ0n) is 4.42. The van der Waals surface area contributed by atoms with Gasteiger partial charge in [-0.05, 0) is 0 Å². The van der Waals surface area contributed by atoms with Crippen molar-refractivity contribution >= 4 is 24.4 Å². The average molecular weight is 143 g/mol. The number of hydrogen-bond acceptors (Lipinski definition) is 3. The molecular weight excluding hydrogens is 139 g/mol. The fourth-order valence-corrected chi connectivity index (χ4v) is 0.203. The molecule has 0 rings (SSSR count). The Kier molecular flexibility index (Phi) is 7.95. The van der Waals surface area contributed by atoms with Crippen molar-refractivity contribution < 1.29 is 44.3 Å². The molecule has 0 amide bonds. The molecule has 0 aromatic rings. The molecule has 40 valence electrons. The Morgan fingerprint density at radius 3 is 1.88 bits per heavy atom. The summed E-state index contributed by atoms with van der Waals surface area (Å²) in [5.41, 5.74) is 0. The van der Waals surface area contributed by atoms with Crippen LogP contribution in [0.2, 0.25) is 0 Å². The second-order valence-corrected chi connectivity index (χ2v) is 1.20. The van der Waals surface area contributed by atoms with Gasteiger partial charge >= 0.3 is 35.5 Å². The number of hydrogen-bond donors (Lipinski definition) is 2. The number of Topliss-reactive ketones (excluding diaryl/α,β-unsaturated/α-hetero) is 1. The van der Waals surface area contributed by atoms with Gasteiger partial charge < -0.3 is 5.11 Å². The molecule has 1 N–H and O–H groups in total. The minimum atomic E-state index is -1.42. The van der Waals surface area contributed by atoms with Crippen LogP contribution in [0.1, 0.15) is 0 Å². The average Bonchev–Trinajstić information content (AvgIpc) is 1.65. The molecule has 0 unspecified atom stereocenters. The third-order valence-corrected chi connectivity index (χ3v) is 0.669. The molecule has 0 aliphatic carbocycles. The molecular formula is C3H4NaO3S+. The van der Waals surface area contributed by atoms with E-state index in [-0.39, 0.29) is 35.3 Å². The third-order valence-electron chi connectivity index (χ3n) is 0.382. The van der Waals surface area contributed by atoms with Gasteiger partial charge in [0.2, 0.25) is 5.78 Å². The van der Waals surface area contributed by atoms with Crippen molar-refractivity contribution in [2.45, 2.75) is 0 Å². The molecule has 0 saturated heterocycles. The fraction of sp³-hybridized carbons (Fsp3) is 0.333. The van der Waals surface area contributed by atoms with Gasteiger partial charge in [-0.2, -0.15) is 12.6 Å². The second kappa shape index (κ2) is 5.62. The summed E-state index contributed by atoms with van der Waals surface area (Å²) >= 11 is 3.42. The van der Waals surface area contributed by atoms with Gasteiger partial charge in [-0.3, -0.25) is 4.79 Å². The number of rotatable bonds is 2. The van der Waals surface area contributed by atoms with Crippen molar-refractivity contribution in [1.82, 2.24) is 0 Å². The Hall–Kier alpha value is 0.490. The predicted molar refractivity (Wildman–Crippen MR) is 26.5 cm³/mol. The first-order valence-electron chi connectivity index (χ1n) is 1.55. The standard InChI is InChI=1S/C3H4O3S.Na/c4-2(1-7)3(5)6;/h7H,1H2,(H,5,6);/q;+1. The Labute approximate surface area is 74.2 Å². The first-order valence-corrected chi connectivity index (χ1v) is 2.18. The number of ketones is 1. The number of carboxylic acid groups (broad SMARTS) is 1. The van der Waals surface area contributed by atoms with Gasteiger partial charge in [0.1, 0.15) is 0 Å². The van der Waals surface area contributed by atoms with Crippen LogP contribution in [0.4, 0.5) is 0 Å². The predicted octanol–water partition coefficient (Wildman–Crippen LogP) is -3.43. The topological polar surface area (TPSA) is 54.4 Å². The minimum Gasteiger partial charge on any atom is -0.475 e. The quantitative estimate of drug-likeness (QED) is 0.240. The molecule has 0 atom stereocenters. The second-order valence-electron chi connectivity index (χ2n) is 0.886. The molecule has 0 spiro atoms. The van der Waals surface area contributed by atoms with E-state index < -0.39 is 11.8 Å². The summed E-state index contributed by atoms with van der Waals surface area (Å²) in [6.45, 7) is 0. The molecule has 0 aliphatic rings. The molecule has 8 heavy (non-hydrogen) atoms. The van der Waals surface area contributed by atoms with Crippen molar-refractivity contribution in [3.63, 3.8) is 0 Å². The summed E-state index contributed by atoms with van der Waals surface area (Å²) in [5, 5.41) is 7.78. The van der Waals surface area contributed by atoms with E-state index in [2.05, 4.69) is 12.6 Å². The maximum atomic E-state index is 9.84. The Balaban J connectivity index is 0. The van der Waals surface area contributed by atoms with Crippen LogP contribution in [0.5, 0.6) is 0 Å². The van der Waals surface area contributed by atoms with Gasteiger partial charge in [0.05, 0.1) is 5.75 Å². The van der Waals surface area contributed by atoms with Gasteiger partial charge in [0.25, 0.3) is 0 Å². The van der Waals surface area contributed by atoms with E-state index in [1.807, 2.05) is 0 Å². The summed E-state index contributed by atoms with van der Waals surface area (Å²) in [6, 6.07) is 0. The van der Waals surface area contributed by atoms with E-state index in [1.54, 1.807) is 0 Å². The maximum Gasteiger partial charge on any atom is 1.00 e. The van der Waals surface area contributed by atoms with Crippen molar-refractivity contribution in [3.05, 3.63) is 0 Å². The SMILES string of the molecule is O=C(O)C(=O)CS.[Na+]. The summed E-state index contributed by atoms with van der Waals surface area (Å²) in [6.07, 6.45) is 0. The molecule has 0 saturated carbocycles.